The first-order valence-electron chi connectivity index (χ1n) is 12.2. The molecule has 0 aliphatic heterocycles. The third-order valence-corrected chi connectivity index (χ3v) is 7.36. The minimum atomic E-state index is -0.321. The van der Waals surface area contributed by atoms with E-state index in [0.29, 0.717) is 40.0 Å². The number of fused-ring (bicyclic) bond motifs is 1. The monoisotopic (exact) mass is 506 g/mol. The predicted molar refractivity (Wildman–Crippen MR) is 139 cm³/mol. The Bertz CT molecular complexity index is 1500. The number of benzene rings is 2. The lowest BCUT2D eigenvalue weighted by atomic mass is 9.85. The number of halogens is 2. The zero-order valence-electron chi connectivity index (χ0n) is 20.3. The van der Waals surface area contributed by atoms with Gasteiger partial charge in [0.15, 0.2) is 0 Å². The third kappa shape index (κ3) is 4.67. The molecule has 1 fully saturated rings. The number of carbonyl (C=O) groups excluding carboxylic acids is 1. The molecule has 2 aromatic heterocycles. The van der Waals surface area contributed by atoms with Crippen molar-refractivity contribution >= 4 is 28.5 Å². The van der Waals surface area contributed by atoms with Crippen molar-refractivity contribution in [3.8, 4) is 5.69 Å². The number of carbonyl (C=O) groups is 1. The van der Waals surface area contributed by atoms with E-state index in [1.807, 2.05) is 35.8 Å². The molecule has 1 aliphatic rings. The molecule has 0 spiro atoms. The van der Waals surface area contributed by atoms with Crippen LogP contribution in [0.1, 0.15) is 47.3 Å². The summed E-state index contributed by atoms with van der Waals surface area (Å²) < 4.78 is 17.2. The number of nitrogens with zero attached hydrogens (tertiary/aromatic N) is 3. The summed E-state index contributed by atoms with van der Waals surface area (Å²) >= 11 is 6.02. The number of amides is 1. The molecular formula is C28H28ClFN4O2. The van der Waals surface area contributed by atoms with Gasteiger partial charge in [-0.25, -0.2) is 9.18 Å². The highest BCUT2D eigenvalue weighted by molar-refractivity contribution is 6.30. The SMILES string of the molecule is Cc1cc(F)ccc1-n1c(=O)n(CC2CCC(NC(=O)c3cc(Cl)cnc3C)CC2)c2ccccc21. The highest BCUT2D eigenvalue weighted by atomic mass is 35.5. The minimum absolute atomic E-state index is 0.0760. The molecule has 5 rings (SSSR count). The van der Waals surface area contributed by atoms with Crippen molar-refractivity contribution in [2.45, 2.75) is 52.1 Å². The summed E-state index contributed by atoms with van der Waals surface area (Å²) in [5.74, 6) is -0.155. The second-order valence-electron chi connectivity index (χ2n) is 9.63. The number of pyridine rings is 1. The smallest absolute Gasteiger partial charge is 0.333 e. The van der Waals surface area contributed by atoms with Crippen molar-refractivity contribution in [1.29, 1.82) is 0 Å². The Morgan fingerprint density at radius 2 is 1.81 bits per heavy atom. The lowest BCUT2D eigenvalue weighted by Crippen LogP contribution is -2.39. The van der Waals surface area contributed by atoms with E-state index in [4.69, 9.17) is 11.6 Å². The first kappa shape index (κ1) is 24.3. The zero-order valence-corrected chi connectivity index (χ0v) is 21.1. The van der Waals surface area contributed by atoms with Crippen LogP contribution in [-0.4, -0.2) is 26.1 Å². The fourth-order valence-corrected chi connectivity index (χ4v) is 5.39. The van der Waals surface area contributed by atoms with E-state index in [0.717, 1.165) is 36.7 Å². The number of hydrogen-bond donors (Lipinski definition) is 1. The third-order valence-electron chi connectivity index (χ3n) is 7.16. The first-order chi connectivity index (χ1) is 17.3. The summed E-state index contributed by atoms with van der Waals surface area (Å²) in [6.45, 7) is 4.21. The van der Waals surface area contributed by atoms with Crippen LogP contribution in [-0.2, 0) is 6.54 Å². The Labute approximate surface area is 213 Å². The molecular weight excluding hydrogens is 479 g/mol. The molecule has 1 aliphatic carbocycles. The van der Waals surface area contributed by atoms with Crippen LogP contribution in [0, 0.1) is 25.6 Å². The number of aryl methyl sites for hydroxylation is 2. The lowest BCUT2D eigenvalue weighted by Gasteiger charge is -2.29. The molecule has 1 amide bonds. The molecule has 2 heterocycles. The van der Waals surface area contributed by atoms with Crippen molar-refractivity contribution in [2.24, 2.45) is 5.92 Å². The van der Waals surface area contributed by atoms with E-state index in [-0.39, 0.29) is 23.5 Å². The Morgan fingerprint density at radius 1 is 1.08 bits per heavy atom. The summed E-state index contributed by atoms with van der Waals surface area (Å²) in [5, 5.41) is 3.56. The molecule has 1 N–H and O–H groups in total. The van der Waals surface area contributed by atoms with E-state index >= 15 is 0 Å². The molecule has 2 aromatic carbocycles. The summed E-state index contributed by atoms with van der Waals surface area (Å²) in [6.07, 6.45) is 5.02. The summed E-state index contributed by atoms with van der Waals surface area (Å²) in [5.41, 5.74) is 4.10. The topological polar surface area (TPSA) is 68.9 Å². The summed E-state index contributed by atoms with van der Waals surface area (Å²) in [7, 11) is 0. The van der Waals surface area contributed by atoms with Gasteiger partial charge in [0.05, 0.1) is 33.0 Å². The first-order valence-corrected chi connectivity index (χ1v) is 12.6. The molecule has 6 nitrogen and oxygen atoms in total. The van der Waals surface area contributed by atoms with Crippen molar-refractivity contribution in [3.05, 3.63) is 92.9 Å². The summed E-state index contributed by atoms with van der Waals surface area (Å²) in [4.78, 5) is 30.5. The average Bonchev–Trinajstić information content (AvgIpc) is 3.13. The van der Waals surface area contributed by atoms with Crippen LogP contribution in [0.2, 0.25) is 5.02 Å². The van der Waals surface area contributed by atoms with E-state index in [1.54, 1.807) is 23.6 Å². The quantitative estimate of drug-likeness (QED) is 0.384. The fourth-order valence-electron chi connectivity index (χ4n) is 5.24. The average molecular weight is 507 g/mol. The lowest BCUT2D eigenvalue weighted by molar-refractivity contribution is 0.0919. The van der Waals surface area contributed by atoms with Gasteiger partial charge in [0.25, 0.3) is 5.91 Å². The van der Waals surface area contributed by atoms with Crippen LogP contribution in [0.25, 0.3) is 16.7 Å². The van der Waals surface area contributed by atoms with Gasteiger partial charge in [0, 0.05) is 18.8 Å². The molecule has 0 atom stereocenters. The maximum absolute atomic E-state index is 13.7. The maximum Gasteiger partial charge on any atom is 0.333 e. The van der Waals surface area contributed by atoms with Crippen molar-refractivity contribution in [3.63, 3.8) is 0 Å². The van der Waals surface area contributed by atoms with Gasteiger partial charge in [-0.3, -0.25) is 18.9 Å². The predicted octanol–water partition coefficient (Wildman–Crippen LogP) is 5.59. The molecule has 0 unspecified atom stereocenters. The van der Waals surface area contributed by atoms with Gasteiger partial charge < -0.3 is 5.32 Å². The van der Waals surface area contributed by atoms with Gasteiger partial charge in [-0.05, 0) is 87.4 Å². The Balaban J connectivity index is 1.32. The van der Waals surface area contributed by atoms with Crippen LogP contribution in [0.5, 0.6) is 0 Å². The second-order valence-corrected chi connectivity index (χ2v) is 10.1. The molecule has 0 bridgehead atoms. The van der Waals surface area contributed by atoms with Crippen molar-refractivity contribution < 1.29 is 9.18 Å². The Hall–Kier alpha value is -3.45. The van der Waals surface area contributed by atoms with Crippen LogP contribution in [0.4, 0.5) is 4.39 Å². The molecule has 4 aromatic rings. The Kier molecular flexibility index (Phi) is 6.67. The van der Waals surface area contributed by atoms with Gasteiger partial charge in [-0.15, -0.1) is 0 Å². The number of rotatable bonds is 5. The van der Waals surface area contributed by atoms with Crippen LogP contribution >= 0.6 is 11.6 Å². The van der Waals surface area contributed by atoms with Crippen molar-refractivity contribution in [2.75, 3.05) is 0 Å². The van der Waals surface area contributed by atoms with Gasteiger partial charge in [0.2, 0.25) is 0 Å². The highest BCUT2D eigenvalue weighted by Crippen LogP contribution is 2.28. The normalized spacial score (nSPS) is 17.9. The molecule has 186 valence electrons. The molecule has 1 saturated carbocycles. The summed E-state index contributed by atoms with van der Waals surface area (Å²) in [6, 6.07) is 13.9. The maximum atomic E-state index is 13.7. The van der Waals surface area contributed by atoms with Crippen LogP contribution in [0.15, 0.2) is 59.5 Å². The van der Waals surface area contributed by atoms with Crippen LogP contribution in [0.3, 0.4) is 0 Å². The van der Waals surface area contributed by atoms with E-state index in [1.165, 1.54) is 18.3 Å². The second kappa shape index (κ2) is 9.90. The van der Waals surface area contributed by atoms with Gasteiger partial charge >= 0.3 is 5.69 Å². The zero-order chi connectivity index (χ0) is 25.4. The number of para-hydroxylation sites is 2. The van der Waals surface area contributed by atoms with Crippen molar-refractivity contribution in [1.82, 2.24) is 19.4 Å². The number of imidazole rings is 1. The molecule has 0 saturated heterocycles. The largest absolute Gasteiger partial charge is 0.349 e. The number of nitrogens with one attached hydrogen (secondary N) is 1. The van der Waals surface area contributed by atoms with Gasteiger partial charge in [-0.2, -0.15) is 0 Å². The van der Waals surface area contributed by atoms with Gasteiger partial charge in [0.1, 0.15) is 5.82 Å². The Morgan fingerprint density at radius 3 is 2.53 bits per heavy atom. The standard InChI is InChI=1S/C28H28ClFN4O2/c1-17-13-21(30)9-12-24(17)34-26-6-4-3-5-25(26)33(28(34)36)16-19-7-10-22(11-8-19)32-27(35)23-14-20(29)15-31-18(23)2/h3-6,9,12-15,19,22H,7-8,10-11,16H2,1-2H3,(H,32,35). The van der Waals surface area contributed by atoms with E-state index < -0.39 is 0 Å². The van der Waals surface area contributed by atoms with E-state index in [2.05, 4.69) is 10.3 Å². The van der Waals surface area contributed by atoms with E-state index in [9.17, 15) is 14.0 Å². The molecule has 0 radical (unpaired) electrons. The highest BCUT2D eigenvalue weighted by Gasteiger charge is 2.26. The fraction of sp³-hybridized carbons (Fsp3) is 0.321. The number of aromatic nitrogens is 3. The molecule has 36 heavy (non-hydrogen) atoms. The number of hydrogen-bond acceptors (Lipinski definition) is 3. The van der Waals surface area contributed by atoms with Gasteiger partial charge in [-0.1, -0.05) is 23.7 Å². The molecule has 8 heteroatoms. The van der Waals surface area contributed by atoms with Crippen LogP contribution < -0.4 is 11.0 Å². The minimum Gasteiger partial charge on any atom is -0.349 e.